The van der Waals surface area contributed by atoms with Gasteiger partial charge in [-0.1, -0.05) is 182 Å². The van der Waals surface area contributed by atoms with E-state index in [4.69, 9.17) is 4.98 Å². The van der Waals surface area contributed by atoms with E-state index in [2.05, 4.69) is 159 Å². The zero-order valence-electron chi connectivity index (χ0n) is 45.3. The van der Waals surface area contributed by atoms with Gasteiger partial charge in [-0.25, -0.2) is 4.98 Å². The molecular weight excluding hydrogens is 974 g/mol. The van der Waals surface area contributed by atoms with Gasteiger partial charge in [0.25, 0.3) is 0 Å². The van der Waals surface area contributed by atoms with Crippen molar-refractivity contribution in [3.05, 3.63) is 102 Å². The van der Waals surface area contributed by atoms with Crippen LogP contribution < -0.4 is 10.4 Å². The monoisotopic (exact) mass is 1060 g/mol. The first-order valence-electron chi connectivity index (χ1n) is 28.0. The molecule has 2 N–H and O–H groups in total. The fourth-order valence-corrected chi connectivity index (χ4v) is 21.9. The van der Waals surface area contributed by atoms with E-state index in [9.17, 15) is 10.2 Å². The summed E-state index contributed by atoms with van der Waals surface area (Å²) in [4.78, 5) is 5.61. The van der Waals surface area contributed by atoms with E-state index in [1.807, 2.05) is 0 Å². The number of phenolic OH excluding ortho intramolecular Hbond substituents is 2. The first-order valence-corrected chi connectivity index (χ1v) is 34.4. The third-order valence-corrected chi connectivity index (χ3v) is 26.4. The molecule has 71 heavy (non-hydrogen) atoms. The Morgan fingerprint density at radius 1 is 0.451 bits per heavy atom. The second-order valence-electron chi connectivity index (χ2n) is 28.6. The second kappa shape index (κ2) is 18.6. The Labute approximate surface area is 450 Å². The van der Waals surface area contributed by atoms with Crippen molar-refractivity contribution in [2.45, 2.75) is 181 Å². The van der Waals surface area contributed by atoms with E-state index >= 15 is 0 Å². The molecule has 8 fully saturated rings. The maximum absolute atomic E-state index is 13.0. The van der Waals surface area contributed by atoms with Crippen molar-refractivity contribution in [1.29, 1.82) is 0 Å². The molecule has 8 aliphatic carbocycles. The van der Waals surface area contributed by atoms with Gasteiger partial charge in [-0.05, 0) is 157 Å². The quantitative estimate of drug-likeness (QED) is 0.122. The van der Waals surface area contributed by atoms with Crippen LogP contribution in [0.3, 0.4) is 0 Å². The van der Waals surface area contributed by atoms with Gasteiger partial charge in [0.1, 0.15) is 11.5 Å². The van der Waals surface area contributed by atoms with Crippen LogP contribution in [0.15, 0.2) is 91.0 Å². The summed E-state index contributed by atoms with van der Waals surface area (Å²) in [5, 5.41) is 28.9. The summed E-state index contributed by atoms with van der Waals surface area (Å²) in [7, 11) is -3.83. The van der Waals surface area contributed by atoms with Crippen LogP contribution in [-0.2, 0) is 37.0 Å². The van der Waals surface area contributed by atoms with E-state index in [-0.39, 0.29) is 47.9 Å². The summed E-state index contributed by atoms with van der Waals surface area (Å²) < 4.78 is 0. The molecule has 6 heteroatoms. The standard InChI is InChI=1S/C65H85NO2Si2.Zr/c1-62(2,3)22-24-69(7,8)48-32-54(60(67)56(34-48)64-36-42-26-43(37-64)28-44(27-42)38-64)50-16-11-13-18-52(50)58-20-15-21-59(66-58)53-19-14-12-17-51(53)55-33-49(70(9,10)25-23-63(4,5)6)35-57(61(55)68)65-39-45-29-46(40-65)31-47(30-45)41-65;/h11-21,32-35,42-47,67-68H,22-31,36-41H2,1-10H3;. The smallest absolute Gasteiger partial charge is 0.127 e. The summed E-state index contributed by atoms with van der Waals surface area (Å²) in [5.41, 5.74) is 11.2. The third-order valence-electron chi connectivity index (χ3n) is 19.7. The Morgan fingerprint density at radius 2 is 0.761 bits per heavy atom. The van der Waals surface area contributed by atoms with Crippen molar-refractivity contribution in [2.24, 2.45) is 46.3 Å². The number of aromatic hydroxyl groups is 2. The molecule has 3 nitrogen and oxygen atoms in total. The molecule has 13 rings (SSSR count). The first-order chi connectivity index (χ1) is 33.1. The van der Waals surface area contributed by atoms with Gasteiger partial charge in [0.05, 0.1) is 27.5 Å². The van der Waals surface area contributed by atoms with Crippen molar-refractivity contribution in [3.63, 3.8) is 0 Å². The number of phenols is 2. The molecule has 0 amide bonds. The zero-order chi connectivity index (χ0) is 49.2. The summed E-state index contributed by atoms with van der Waals surface area (Å²) >= 11 is 0. The minimum Gasteiger partial charge on any atom is -0.507 e. The molecule has 8 aliphatic rings. The molecule has 8 bridgehead atoms. The Hall–Kier alpha value is -3.05. The van der Waals surface area contributed by atoms with E-state index in [1.54, 1.807) is 0 Å². The maximum Gasteiger partial charge on any atom is 0.127 e. The predicted octanol–water partition coefficient (Wildman–Crippen LogP) is 16.8. The van der Waals surface area contributed by atoms with Gasteiger partial charge < -0.3 is 10.2 Å². The number of rotatable bonds is 12. The number of aromatic nitrogens is 1. The predicted molar refractivity (Wildman–Crippen MR) is 301 cm³/mol. The van der Waals surface area contributed by atoms with Crippen LogP contribution >= 0.6 is 0 Å². The average molecular weight is 1060 g/mol. The molecule has 1 aromatic heterocycles. The molecule has 4 aromatic carbocycles. The van der Waals surface area contributed by atoms with Crippen LogP contribution in [0, 0.1) is 46.3 Å². The normalized spacial score (nSPS) is 27.8. The van der Waals surface area contributed by atoms with Crippen LogP contribution in [-0.4, -0.2) is 31.3 Å². The topological polar surface area (TPSA) is 53.4 Å². The van der Waals surface area contributed by atoms with E-state index in [0.717, 1.165) is 80.3 Å². The van der Waals surface area contributed by atoms with Gasteiger partial charge in [-0.2, -0.15) is 0 Å². The third kappa shape index (κ3) is 9.89. The maximum atomic E-state index is 13.0. The van der Waals surface area contributed by atoms with E-state index < -0.39 is 16.1 Å². The van der Waals surface area contributed by atoms with E-state index in [0.29, 0.717) is 11.5 Å². The van der Waals surface area contributed by atoms with Crippen molar-refractivity contribution < 1.29 is 36.4 Å². The fraction of sp³-hybridized carbons (Fsp3) is 0.554. The minimum atomic E-state index is -1.91. The van der Waals surface area contributed by atoms with Gasteiger partial charge >= 0.3 is 0 Å². The first kappa shape index (κ1) is 51.4. The molecule has 0 atom stereocenters. The van der Waals surface area contributed by atoms with Gasteiger partial charge in [0, 0.05) is 59.6 Å². The van der Waals surface area contributed by atoms with Gasteiger partial charge in [0.2, 0.25) is 0 Å². The molecule has 0 spiro atoms. The van der Waals surface area contributed by atoms with Gasteiger partial charge in [-0.15, -0.1) is 0 Å². The zero-order valence-corrected chi connectivity index (χ0v) is 49.7. The number of hydrogen-bond acceptors (Lipinski definition) is 3. The van der Waals surface area contributed by atoms with Gasteiger partial charge in [0.15, 0.2) is 0 Å². The van der Waals surface area contributed by atoms with Crippen molar-refractivity contribution >= 4 is 26.5 Å². The molecule has 374 valence electrons. The van der Waals surface area contributed by atoms with Crippen LogP contribution in [0.25, 0.3) is 44.8 Å². The Bertz CT molecular complexity index is 2550. The molecule has 0 radical (unpaired) electrons. The number of nitrogens with zero attached hydrogens (tertiary/aromatic N) is 1. The summed E-state index contributed by atoms with van der Waals surface area (Å²) in [6, 6.07) is 36.4. The summed E-state index contributed by atoms with van der Waals surface area (Å²) in [6.45, 7) is 24.6. The van der Waals surface area contributed by atoms with Gasteiger partial charge in [-0.3, -0.25) is 0 Å². The van der Waals surface area contributed by atoms with Crippen molar-refractivity contribution in [2.75, 3.05) is 0 Å². The Morgan fingerprint density at radius 3 is 1.07 bits per heavy atom. The number of pyridine rings is 1. The van der Waals surface area contributed by atoms with Crippen LogP contribution in [0.4, 0.5) is 0 Å². The van der Waals surface area contributed by atoms with E-state index in [1.165, 1.54) is 123 Å². The summed E-state index contributed by atoms with van der Waals surface area (Å²) in [5.74, 6) is 5.78. The molecular formula is C65H85NO2Si2Zr. The molecule has 1 heterocycles. The molecule has 8 saturated carbocycles. The fourth-order valence-electron chi connectivity index (χ4n) is 16.4. The Kier molecular flexibility index (Phi) is 13.5. The van der Waals surface area contributed by atoms with Crippen molar-refractivity contribution in [1.82, 2.24) is 4.98 Å². The van der Waals surface area contributed by atoms with Crippen LogP contribution in [0.2, 0.25) is 38.3 Å². The average Bonchev–Trinajstić information content (AvgIpc) is 3.29. The van der Waals surface area contributed by atoms with Crippen LogP contribution in [0.5, 0.6) is 11.5 Å². The second-order valence-corrected chi connectivity index (χ2v) is 38.3. The number of benzene rings is 4. The Balaban J connectivity index is 0.00000582. The molecule has 0 unspecified atom stereocenters. The minimum absolute atomic E-state index is 0. The SMILES string of the molecule is CC(C)(C)CC[Si](C)(C)c1cc(-c2ccccc2-c2cccc(-c3ccccc3-c3cc([Si](C)(C)CCC(C)(C)C)cc(C45CC6CC(CC(C6)C4)C5)c3O)n2)c(O)c(C23CC4CC(CC(C4)C2)C3)c1.[Zr]. The molecule has 0 saturated heterocycles. The van der Waals surface area contributed by atoms with Crippen LogP contribution in [0.1, 0.15) is 143 Å². The summed E-state index contributed by atoms with van der Waals surface area (Å²) in [6.07, 6.45) is 18.1. The molecule has 5 aromatic rings. The molecule has 0 aliphatic heterocycles. The largest absolute Gasteiger partial charge is 0.507 e. The number of hydrogen-bond donors (Lipinski definition) is 2. The van der Waals surface area contributed by atoms with Crippen molar-refractivity contribution in [3.8, 4) is 56.3 Å².